The first-order chi connectivity index (χ1) is 12.1. The number of nitrogens with one attached hydrogen (secondary N) is 2. The van der Waals surface area contributed by atoms with Crippen molar-refractivity contribution in [3.63, 3.8) is 0 Å². The van der Waals surface area contributed by atoms with Crippen molar-refractivity contribution in [3.05, 3.63) is 29.3 Å². The molecule has 0 fully saturated rings. The molecule has 0 aliphatic heterocycles. The smallest absolute Gasteiger partial charge is 0.191 e. The van der Waals surface area contributed by atoms with Crippen molar-refractivity contribution in [2.75, 3.05) is 61.1 Å². The van der Waals surface area contributed by atoms with Gasteiger partial charge in [-0.25, -0.2) is 0 Å². The maximum atomic E-state index is 5.43. The highest BCUT2D eigenvalue weighted by Crippen LogP contribution is 2.19. The predicted octanol–water partition coefficient (Wildman–Crippen LogP) is 2.30. The second-order valence-electron chi connectivity index (χ2n) is 6.14. The molecular weight excluding hydrogens is 443 g/mol. The molecule has 0 amide bonds. The molecule has 1 aromatic rings. The van der Waals surface area contributed by atoms with Crippen molar-refractivity contribution >= 4 is 29.9 Å². The number of ether oxygens (including phenoxy) is 2. The van der Waals surface area contributed by atoms with E-state index in [1.165, 1.54) is 11.1 Å². The number of aliphatic imine (C=N–C) groups is 1. The Morgan fingerprint density at radius 2 is 1.88 bits per heavy atom. The second kappa shape index (κ2) is 15.0. The standard InChI is InChI=1S/C19H34N4O2.HI/c1-16-7-8-18(25-5)17(15-16)9-10-21-19(20-2)22-11-13-23(3)12-6-14-24-4;/h7-8,15H,6,9-14H2,1-5H3,(H2,20,21,22);1H. The number of hydrogen-bond donors (Lipinski definition) is 2. The topological polar surface area (TPSA) is 58.1 Å². The van der Waals surface area contributed by atoms with Crippen molar-refractivity contribution in [1.29, 1.82) is 0 Å². The molecule has 6 nitrogen and oxygen atoms in total. The highest BCUT2D eigenvalue weighted by atomic mass is 127. The van der Waals surface area contributed by atoms with Crippen LogP contribution in [0.3, 0.4) is 0 Å². The minimum atomic E-state index is 0. The molecule has 0 aliphatic carbocycles. The predicted molar refractivity (Wildman–Crippen MR) is 120 cm³/mol. The summed E-state index contributed by atoms with van der Waals surface area (Å²) >= 11 is 0. The third-order valence-electron chi connectivity index (χ3n) is 4.02. The van der Waals surface area contributed by atoms with Gasteiger partial charge in [-0.2, -0.15) is 0 Å². The number of guanidine groups is 1. The first-order valence-corrected chi connectivity index (χ1v) is 8.86. The van der Waals surface area contributed by atoms with Crippen LogP contribution in [-0.2, 0) is 11.2 Å². The summed E-state index contributed by atoms with van der Waals surface area (Å²) in [6.07, 6.45) is 1.95. The molecule has 0 radical (unpaired) electrons. The van der Waals surface area contributed by atoms with E-state index in [2.05, 4.69) is 46.6 Å². The van der Waals surface area contributed by atoms with Crippen LogP contribution in [0.4, 0.5) is 0 Å². The summed E-state index contributed by atoms with van der Waals surface area (Å²) in [6.45, 7) is 6.58. The van der Waals surface area contributed by atoms with Crippen LogP contribution in [0.25, 0.3) is 0 Å². The van der Waals surface area contributed by atoms with E-state index in [1.54, 1.807) is 21.3 Å². The third-order valence-corrected chi connectivity index (χ3v) is 4.02. The van der Waals surface area contributed by atoms with E-state index >= 15 is 0 Å². The minimum Gasteiger partial charge on any atom is -0.496 e. The Bertz CT molecular complexity index is 526. The maximum Gasteiger partial charge on any atom is 0.191 e. The summed E-state index contributed by atoms with van der Waals surface area (Å²) in [4.78, 5) is 6.56. The van der Waals surface area contributed by atoms with Crippen molar-refractivity contribution in [1.82, 2.24) is 15.5 Å². The molecule has 0 saturated carbocycles. The largest absolute Gasteiger partial charge is 0.496 e. The van der Waals surface area contributed by atoms with Crippen molar-refractivity contribution in [2.45, 2.75) is 19.8 Å². The van der Waals surface area contributed by atoms with Crippen LogP contribution in [0, 0.1) is 6.92 Å². The lowest BCUT2D eigenvalue weighted by atomic mass is 10.1. The Labute approximate surface area is 175 Å². The average molecular weight is 478 g/mol. The Morgan fingerprint density at radius 3 is 2.54 bits per heavy atom. The van der Waals surface area contributed by atoms with Crippen molar-refractivity contribution in [2.24, 2.45) is 4.99 Å². The van der Waals surface area contributed by atoms with Gasteiger partial charge in [0.05, 0.1) is 7.11 Å². The van der Waals surface area contributed by atoms with E-state index in [-0.39, 0.29) is 24.0 Å². The minimum absolute atomic E-state index is 0. The molecule has 7 heteroatoms. The first-order valence-electron chi connectivity index (χ1n) is 8.86. The molecular formula is C19H35IN4O2. The fraction of sp³-hybridized carbons (Fsp3) is 0.632. The number of benzene rings is 1. The highest BCUT2D eigenvalue weighted by molar-refractivity contribution is 14.0. The average Bonchev–Trinajstić information content (AvgIpc) is 2.61. The lowest BCUT2D eigenvalue weighted by Gasteiger charge is -2.18. The first kappa shape index (κ1) is 24.9. The number of rotatable bonds is 11. The van der Waals surface area contributed by atoms with Crippen LogP contribution in [0.15, 0.2) is 23.2 Å². The van der Waals surface area contributed by atoms with Gasteiger partial charge in [-0.15, -0.1) is 24.0 Å². The van der Waals surface area contributed by atoms with Gasteiger partial charge in [-0.05, 0) is 38.4 Å². The van der Waals surface area contributed by atoms with Gasteiger partial charge in [0.1, 0.15) is 5.75 Å². The van der Waals surface area contributed by atoms with Gasteiger partial charge >= 0.3 is 0 Å². The summed E-state index contributed by atoms with van der Waals surface area (Å²) in [5.41, 5.74) is 2.46. The molecule has 0 bridgehead atoms. The maximum absolute atomic E-state index is 5.43. The lowest BCUT2D eigenvalue weighted by molar-refractivity contribution is 0.180. The van der Waals surface area contributed by atoms with Crippen LogP contribution in [0.1, 0.15) is 17.5 Å². The monoisotopic (exact) mass is 478 g/mol. The molecule has 1 rings (SSSR count). The number of halogens is 1. The summed E-state index contributed by atoms with van der Waals surface area (Å²) in [7, 11) is 7.37. The van der Waals surface area contributed by atoms with E-state index in [0.717, 1.165) is 57.3 Å². The molecule has 0 aromatic heterocycles. The second-order valence-corrected chi connectivity index (χ2v) is 6.14. The van der Waals surface area contributed by atoms with Gasteiger partial charge in [0, 0.05) is 46.9 Å². The molecule has 0 aliphatic rings. The van der Waals surface area contributed by atoms with Gasteiger partial charge in [-0.1, -0.05) is 17.7 Å². The molecule has 0 heterocycles. The lowest BCUT2D eigenvalue weighted by Crippen LogP contribution is -2.41. The molecule has 2 N–H and O–H groups in total. The summed E-state index contributed by atoms with van der Waals surface area (Å²) in [5.74, 6) is 1.77. The Morgan fingerprint density at radius 1 is 1.15 bits per heavy atom. The van der Waals surface area contributed by atoms with Crippen LogP contribution in [0.2, 0.25) is 0 Å². The summed E-state index contributed by atoms with van der Waals surface area (Å²) in [5, 5.41) is 6.71. The highest BCUT2D eigenvalue weighted by Gasteiger charge is 2.04. The number of likely N-dealkylation sites (N-methyl/N-ethyl adjacent to an activating group) is 1. The normalized spacial score (nSPS) is 11.2. The van der Waals surface area contributed by atoms with Crippen molar-refractivity contribution in [3.8, 4) is 5.75 Å². The molecule has 0 unspecified atom stereocenters. The van der Waals surface area contributed by atoms with Gasteiger partial charge in [0.2, 0.25) is 0 Å². The van der Waals surface area contributed by atoms with Gasteiger partial charge in [0.15, 0.2) is 5.96 Å². The van der Waals surface area contributed by atoms with E-state index in [9.17, 15) is 0 Å². The number of nitrogens with zero attached hydrogens (tertiary/aromatic N) is 2. The SMILES string of the molecule is CN=C(NCCc1cc(C)ccc1OC)NCCN(C)CCCOC.I. The number of methoxy groups -OCH3 is 2. The summed E-state index contributed by atoms with van der Waals surface area (Å²) < 4.78 is 10.5. The van der Waals surface area contributed by atoms with E-state index in [4.69, 9.17) is 9.47 Å². The Hall–Kier alpha value is -1.06. The molecule has 0 spiro atoms. The summed E-state index contributed by atoms with van der Waals surface area (Å²) in [6, 6.07) is 6.27. The zero-order valence-electron chi connectivity index (χ0n) is 16.8. The van der Waals surface area contributed by atoms with Crippen LogP contribution >= 0.6 is 24.0 Å². The Kier molecular flexibility index (Phi) is 14.4. The van der Waals surface area contributed by atoms with Crippen LogP contribution in [0.5, 0.6) is 5.75 Å². The van der Waals surface area contributed by atoms with Crippen LogP contribution < -0.4 is 15.4 Å². The number of hydrogen-bond acceptors (Lipinski definition) is 4. The number of aryl methyl sites for hydroxylation is 1. The van der Waals surface area contributed by atoms with Gasteiger partial charge in [-0.3, -0.25) is 4.99 Å². The zero-order chi connectivity index (χ0) is 18.5. The fourth-order valence-electron chi connectivity index (χ4n) is 2.59. The van der Waals surface area contributed by atoms with Gasteiger partial charge < -0.3 is 25.0 Å². The quantitative estimate of drug-likeness (QED) is 0.221. The van der Waals surface area contributed by atoms with Crippen LogP contribution in [-0.4, -0.2) is 72.0 Å². The molecule has 1 aromatic carbocycles. The van der Waals surface area contributed by atoms with E-state index in [1.807, 2.05) is 6.07 Å². The molecule has 150 valence electrons. The van der Waals surface area contributed by atoms with E-state index in [0.29, 0.717) is 0 Å². The van der Waals surface area contributed by atoms with Crippen molar-refractivity contribution < 1.29 is 9.47 Å². The van der Waals surface area contributed by atoms with Gasteiger partial charge in [0.25, 0.3) is 0 Å². The third kappa shape index (κ3) is 10.2. The molecule has 26 heavy (non-hydrogen) atoms. The zero-order valence-corrected chi connectivity index (χ0v) is 19.1. The molecule has 0 atom stereocenters. The Balaban J connectivity index is 0.00000625. The molecule has 0 saturated heterocycles. The van der Waals surface area contributed by atoms with E-state index < -0.39 is 0 Å². The fourth-order valence-corrected chi connectivity index (χ4v) is 2.59.